The zero-order valence-electron chi connectivity index (χ0n) is 10.7. The van der Waals surface area contributed by atoms with Gasteiger partial charge in [-0.05, 0) is 13.1 Å². The monoisotopic (exact) mass is 242 g/mol. The molecule has 92 valence electrons. The summed E-state index contributed by atoms with van der Waals surface area (Å²) in [6.07, 6.45) is 0. The molecular formula is C11H22N4S. The molecule has 0 aliphatic heterocycles. The summed E-state index contributed by atoms with van der Waals surface area (Å²) in [6.45, 7) is 11.9. The largest absolute Gasteiger partial charge is 0.303 e. The highest BCUT2D eigenvalue weighted by molar-refractivity contribution is 7.99. The first-order valence-electron chi connectivity index (χ1n) is 5.94. The maximum Gasteiger partial charge on any atom is 0.208 e. The van der Waals surface area contributed by atoms with Crippen molar-refractivity contribution < 1.29 is 0 Å². The van der Waals surface area contributed by atoms with Gasteiger partial charge in [0.2, 0.25) is 5.16 Å². The second-order valence-corrected chi connectivity index (χ2v) is 5.10. The molecule has 0 radical (unpaired) electrons. The number of aromatic nitrogens is 3. The zero-order valence-corrected chi connectivity index (χ0v) is 11.5. The summed E-state index contributed by atoms with van der Waals surface area (Å²) in [5.74, 6) is 2.45. The second kappa shape index (κ2) is 6.91. The van der Waals surface area contributed by atoms with Crippen molar-refractivity contribution in [3.8, 4) is 0 Å². The van der Waals surface area contributed by atoms with E-state index in [2.05, 4.69) is 47.8 Å². The fourth-order valence-electron chi connectivity index (χ4n) is 1.39. The maximum absolute atomic E-state index is 4.44. The van der Waals surface area contributed by atoms with Crippen LogP contribution in [-0.4, -0.2) is 45.5 Å². The molecule has 0 unspecified atom stereocenters. The predicted molar refractivity (Wildman–Crippen MR) is 69.0 cm³/mol. The van der Waals surface area contributed by atoms with Gasteiger partial charge in [0.15, 0.2) is 0 Å². The van der Waals surface area contributed by atoms with E-state index in [9.17, 15) is 0 Å². The van der Waals surface area contributed by atoms with E-state index in [0.29, 0.717) is 5.92 Å². The van der Waals surface area contributed by atoms with Gasteiger partial charge in [0, 0.05) is 18.2 Å². The Morgan fingerprint density at radius 3 is 2.50 bits per heavy atom. The number of thioether (sulfide) groups is 1. The predicted octanol–water partition coefficient (Wildman–Crippen LogP) is 2.36. The van der Waals surface area contributed by atoms with Crippen LogP contribution in [0.2, 0.25) is 0 Å². The molecule has 0 fully saturated rings. The zero-order chi connectivity index (χ0) is 12.0. The Hall–Kier alpha value is -0.550. The fraction of sp³-hybridized carbons (Fsp3) is 0.818. The van der Waals surface area contributed by atoms with Crippen LogP contribution in [0, 0.1) is 0 Å². The SMILES string of the molecule is CCN(CC)CCSc1n[nH]c(C(C)C)n1. The van der Waals surface area contributed by atoms with Gasteiger partial charge in [-0.25, -0.2) is 4.98 Å². The van der Waals surface area contributed by atoms with Crippen molar-refractivity contribution in [3.05, 3.63) is 5.82 Å². The number of hydrogen-bond donors (Lipinski definition) is 1. The standard InChI is InChI=1S/C11H22N4S/c1-5-15(6-2)7-8-16-11-12-10(9(3)4)13-14-11/h9H,5-8H2,1-4H3,(H,12,13,14). The van der Waals surface area contributed by atoms with E-state index in [0.717, 1.165) is 36.4 Å². The molecule has 0 aromatic carbocycles. The van der Waals surface area contributed by atoms with E-state index in [4.69, 9.17) is 0 Å². The van der Waals surface area contributed by atoms with Gasteiger partial charge in [-0.1, -0.05) is 39.5 Å². The Morgan fingerprint density at radius 1 is 1.31 bits per heavy atom. The molecule has 0 aliphatic rings. The lowest BCUT2D eigenvalue weighted by Crippen LogP contribution is -2.25. The van der Waals surface area contributed by atoms with E-state index in [1.54, 1.807) is 11.8 Å². The van der Waals surface area contributed by atoms with Gasteiger partial charge in [-0.2, -0.15) is 0 Å². The second-order valence-electron chi connectivity index (χ2n) is 4.03. The highest BCUT2D eigenvalue weighted by Gasteiger charge is 2.07. The summed E-state index contributed by atoms with van der Waals surface area (Å²) in [7, 11) is 0. The molecule has 1 heterocycles. The average molecular weight is 242 g/mol. The van der Waals surface area contributed by atoms with Crippen molar-refractivity contribution >= 4 is 11.8 Å². The molecule has 1 aromatic rings. The number of hydrogen-bond acceptors (Lipinski definition) is 4. The molecule has 1 rings (SSSR count). The minimum atomic E-state index is 0.421. The molecule has 0 amide bonds. The van der Waals surface area contributed by atoms with Crippen molar-refractivity contribution in [1.29, 1.82) is 0 Å². The summed E-state index contributed by atoms with van der Waals surface area (Å²) >= 11 is 1.72. The Labute approximate surface area is 102 Å². The first kappa shape index (κ1) is 13.5. The normalized spacial score (nSPS) is 11.6. The van der Waals surface area contributed by atoms with Crippen LogP contribution in [0.15, 0.2) is 5.16 Å². The maximum atomic E-state index is 4.44. The number of rotatable bonds is 7. The molecule has 0 atom stereocenters. The van der Waals surface area contributed by atoms with Crippen LogP contribution < -0.4 is 0 Å². The van der Waals surface area contributed by atoms with Gasteiger partial charge < -0.3 is 4.90 Å². The van der Waals surface area contributed by atoms with Crippen LogP contribution in [0.1, 0.15) is 39.4 Å². The van der Waals surface area contributed by atoms with Crippen LogP contribution in [0.25, 0.3) is 0 Å². The minimum Gasteiger partial charge on any atom is -0.303 e. The first-order chi connectivity index (χ1) is 7.67. The Bertz CT molecular complexity index is 294. The molecule has 4 nitrogen and oxygen atoms in total. The fourth-order valence-corrected chi connectivity index (χ4v) is 2.19. The highest BCUT2D eigenvalue weighted by Crippen LogP contribution is 2.15. The van der Waals surface area contributed by atoms with Gasteiger partial charge in [0.05, 0.1) is 0 Å². The molecule has 0 saturated heterocycles. The molecule has 0 bridgehead atoms. The molecule has 0 aliphatic carbocycles. The van der Waals surface area contributed by atoms with E-state index in [1.807, 2.05) is 0 Å². The summed E-state index contributed by atoms with van der Waals surface area (Å²) in [4.78, 5) is 6.84. The third kappa shape index (κ3) is 4.14. The van der Waals surface area contributed by atoms with E-state index in [1.165, 1.54) is 0 Å². The minimum absolute atomic E-state index is 0.421. The quantitative estimate of drug-likeness (QED) is 0.746. The van der Waals surface area contributed by atoms with Crippen molar-refractivity contribution in [2.24, 2.45) is 0 Å². The highest BCUT2D eigenvalue weighted by atomic mass is 32.2. The lowest BCUT2D eigenvalue weighted by Gasteiger charge is -2.16. The lowest BCUT2D eigenvalue weighted by atomic mass is 10.2. The van der Waals surface area contributed by atoms with Gasteiger partial charge in [0.1, 0.15) is 5.82 Å². The Kier molecular flexibility index (Phi) is 5.84. The van der Waals surface area contributed by atoms with Crippen molar-refractivity contribution in [2.75, 3.05) is 25.4 Å². The lowest BCUT2D eigenvalue weighted by molar-refractivity contribution is 0.324. The number of aromatic amines is 1. The molecular weight excluding hydrogens is 220 g/mol. The first-order valence-corrected chi connectivity index (χ1v) is 6.93. The van der Waals surface area contributed by atoms with Crippen molar-refractivity contribution in [1.82, 2.24) is 20.1 Å². The van der Waals surface area contributed by atoms with Gasteiger partial charge >= 0.3 is 0 Å². The number of nitrogens with zero attached hydrogens (tertiary/aromatic N) is 3. The van der Waals surface area contributed by atoms with E-state index in [-0.39, 0.29) is 0 Å². The van der Waals surface area contributed by atoms with Gasteiger partial charge in [0.25, 0.3) is 0 Å². The Balaban J connectivity index is 2.31. The smallest absolute Gasteiger partial charge is 0.208 e. The average Bonchev–Trinajstić information content (AvgIpc) is 2.73. The van der Waals surface area contributed by atoms with E-state index >= 15 is 0 Å². The van der Waals surface area contributed by atoms with Gasteiger partial charge in [-0.3, -0.25) is 5.10 Å². The van der Waals surface area contributed by atoms with Crippen molar-refractivity contribution in [2.45, 2.75) is 38.8 Å². The molecule has 16 heavy (non-hydrogen) atoms. The van der Waals surface area contributed by atoms with E-state index < -0.39 is 0 Å². The third-order valence-electron chi connectivity index (χ3n) is 2.56. The Morgan fingerprint density at radius 2 is 2.00 bits per heavy atom. The van der Waals surface area contributed by atoms with Crippen LogP contribution in [0.3, 0.4) is 0 Å². The molecule has 1 aromatic heterocycles. The summed E-state index contributed by atoms with van der Waals surface area (Å²) < 4.78 is 0. The third-order valence-corrected chi connectivity index (χ3v) is 3.39. The van der Waals surface area contributed by atoms with Crippen LogP contribution in [0.4, 0.5) is 0 Å². The molecule has 0 spiro atoms. The van der Waals surface area contributed by atoms with Crippen LogP contribution in [-0.2, 0) is 0 Å². The number of H-pyrrole nitrogens is 1. The topological polar surface area (TPSA) is 44.8 Å². The summed E-state index contributed by atoms with van der Waals surface area (Å²) in [5, 5.41) is 8.04. The summed E-state index contributed by atoms with van der Waals surface area (Å²) in [6, 6.07) is 0. The van der Waals surface area contributed by atoms with Crippen molar-refractivity contribution in [3.63, 3.8) is 0 Å². The molecule has 1 N–H and O–H groups in total. The van der Waals surface area contributed by atoms with Crippen LogP contribution >= 0.6 is 11.8 Å². The molecule has 5 heteroatoms. The van der Waals surface area contributed by atoms with Gasteiger partial charge in [-0.15, -0.1) is 5.10 Å². The molecule has 0 saturated carbocycles. The van der Waals surface area contributed by atoms with Crippen LogP contribution in [0.5, 0.6) is 0 Å². The number of nitrogens with one attached hydrogen (secondary N) is 1. The summed E-state index contributed by atoms with van der Waals surface area (Å²) in [5.41, 5.74) is 0.